The van der Waals surface area contributed by atoms with Gasteiger partial charge in [-0.1, -0.05) is 6.42 Å². The predicted octanol–water partition coefficient (Wildman–Crippen LogP) is 1.54. The highest BCUT2D eigenvalue weighted by Crippen LogP contribution is 2.30. The van der Waals surface area contributed by atoms with E-state index in [1.165, 1.54) is 37.9 Å². The summed E-state index contributed by atoms with van der Waals surface area (Å²) in [5.41, 5.74) is 1.57. The Hall–Kier alpha value is -0.910. The van der Waals surface area contributed by atoms with Crippen LogP contribution in [0.15, 0.2) is 12.4 Å². The van der Waals surface area contributed by atoms with Crippen LogP contribution in [0.3, 0.4) is 0 Å². The molecular formula is C16H28N4O. The molecule has 118 valence electrons. The Balaban J connectivity index is 1.59. The molecule has 2 fully saturated rings. The van der Waals surface area contributed by atoms with E-state index in [-0.39, 0.29) is 0 Å². The van der Waals surface area contributed by atoms with E-state index in [4.69, 9.17) is 4.74 Å². The van der Waals surface area contributed by atoms with Crippen LogP contribution in [0.5, 0.6) is 0 Å². The zero-order valence-electron chi connectivity index (χ0n) is 13.2. The Bertz CT molecular complexity index is 433. The maximum Gasteiger partial charge on any atom is 0.0534 e. The number of aryl methyl sites for hydroxylation is 1. The number of ether oxygens (including phenoxy) is 1. The molecule has 1 N–H and O–H groups in total. The highest BCUT2D eigenvalue weighted by molar-refractivity contribution is 5.04. The molecule has 5 nitrogen and oxygen atoms in total. The molecule has 0 aliphatic carbocycles. The van der Waals surface area contributed by atoms with E-state index in [2.05, 4.69) is 21.5 Å². The number of piperidine rings is 1. The van der Waals surface area contributed by atoms with Gasteiger partial charge >= 0.3 is 0 Å². The molecule has 2 saturated heterocycles. The van der Waals surface area contributed by atoms with Crippen molar-refractivity contribution in [2.45, 2.75) is 44.2 Å². The van der Waals surface area contributed by atoms with Crippen molar-refractivity contribution < 1.29 is 4.74 Å². The number of aromatic nitrogens is 2. The maximum atomic E-state index is 5.62. The number of likely N-dealkylation sites (tertiary alicyclic amines) is 1. The minimum atomic E-state index is 0.306. The number of nitrogens with zero attached hydrogens (tertiary/aromatic N) is 3. The van der Waals surface area contributed by atoms with Crippen LogP contribution in [0.1, 0.15) is 37.7 Å². The Labute approximate surface area is 127 Å². The van der Waals surface area contributed by atoms with Crippen molar-refractivity contribution in [3.05, 3.63) is 18.0 Å². The Morgan fingerprint density at radius 2 is 2.00 bits per heavy atom. The van der Waals surface area contributed by atoms with Crippen LogP contribution in [0, 0.1) is 0 Å². The summed E-state index contributed by atoms with van der Waals surface area (Å²) in [5, 5.41) is 7.91. The van der Waals surface area contributed by atoms with Crippen molar-refractivity contribution in [2.75, 3.05) is 32.8 Å². The Kier molecular flexibility index (Phi) is 4.93. The predicted molar refractivity (Wildman–Crippen MR) is 83.1 cm³/mol. The standard InChI is InChI=1S/C16H28N4O/c1-19-13-15(12-18-19)11-17-14-16(5-9-21-10-6-16)20-7-3-2-4-8-20/h12-13,17H,2-11,14H2,1H3. The van der Waals surface area contributed by atoms with Gasteiger partial charge in [0, 0.05) is 50.7 Å². The maximum absolute atomic E-state index is 5.62. The topological polar surface area (TPSA) is 42.3 Å². The molecule has 5 heteroatoms. The SMILES string of the molecule is Cn1cc(CNCC2(N3CCCCC3)CCOCC2)cn1. The third-order valence-corrected chi connectivity index (χ3v) is 4.99. The lowest BCUT2D eigenvalue weighted by atomic mass is 9.86. The lowest BCUT2D eigenvalue weighted by Gasteiger charge is -2.48. The van der Waals surface area contributed by atoms with Gasteiger partial charge in [-0.25, -0.2) is 0 Å². The molecule has 1 aromatic rings. The molecule has 0 spiro atoms. The average Bonchev–Trinajstić information content (AvgIpc) is 2.95. The van der Waals surface area contributed by atoms with Gasteiger partial charge in [0.05, 0.1) is 6.20 Å². The molecule has 1 aromatic heterocycles. The third-order valence-electron chi connectivity index (χ3n) is 4.99. The van der Waals surface area contributed by atoms with Crippen molar-refractivity contribution in [2.24, 2.45) is 7.05 Å². The summed E-state index contributed by atoms with van der Waals surface area (Å²) in [5.74, 6) is 0. The molecule has 0 aromatic carbocycles. The van der Waals surface area contributed by atoms with E-state index in [0.29, 0.717) is 5.54 Å². The van der Waals surface area contributed by atoms with Crippen LogP contribution in [0.2, 0.25) is 0 Å². The van der Waals surface area contributed by atoms with Crippen LogP contribution in [0.25, 0.3) is 0 Å². The lowest BCUT2D eigenvalue weighted by Crippen LogP contribution is -2.59. The van der Waals surface area contributed by atoms with Crippen molar-refractivity contribution in [1.82, 2.24) is 20.0 Å². The summed E-state index contributed by atoms with van der Waals surface area (Å²) < 4.78 is 7.48. The van der Waals surface area contributed by atoms with Gasteiger partial charge in [0.1, 0.15) is 0 Å². The minimum Gasteiger partial charge on any atom is -0.381 e. The van der Waals surface area contributed by atoms with Crippen LogP contribution in [-0.2, 0) is 18.3 Å². The molecular weight excluding hydrogens is 264 g/mol. The first-order valence-corrected chi connectivity index (χ1v) is 8.30. The van der Waals surface area contributed by atoms with Crippen molar-refractivity contribution >= 4 is 0 Å². The van der Waals surface area contributed by atoms with E-state index in [0.717, 1.165) is 39.1 Å². The Morgan fingerprint density at radius 1 is 1.24 bits per heavy atom. The van der Waals surface area contributed by atoms with Crippen LogP contribution >= 0.6 is 0 Å². The molecule has 2 aliphatic heterocycles. The molecule has 3 heterocycles. The summed E-state index contributed by atoms with van der Waals surface area (Å²) in [7, 11) is 1.97. The normalized spacial score (nSPS) is 23.3. The van der Waals surface area contributed by atoms with Crippen molar-refractivity contribution in [3.63, 3.8) is 0 Å². The second kappa shape index (κ2) is 6.90. The smallest absolute Gasteiger partial charge is 0.0534 e. The highest BCUT2D eigenvalue weighted by Gasteiger charge is 2.38. The monoisotopic (exact) mass is 292 g/mol. The van der Waals surface area contributed by atoms with E-state index >= 15 is 0 Å². The summed E-state index contributed by atoms with van der Waals surface area (Å²) in [6, 6.07) is 0. The fourth-order valence-electron chi connectivity index (χ4n) is 3.73. The quantitative estimate of drug-likeness (QED) is 0.894. The van der Waals surface area contributed by atoms with Gasteiger partial charge in [0.15, 0.2) is 0 Å². The molecule has 0 bridgehead atoms. The molecule has 21 heavy (non-hydrogen) atoms. The van der Waals surface area contributed by atoms with Gasteiger partial charge in [-0.15, -0.1) is 0 Å². The third kappa shape index (κ3) is 3.65. The zero-order chi connectivity index (χ0) is 14.5. The molecule has 0 saturated carbocycles. The zero-order valence-corrected chi connectivity index (χ0v) is 13.2. The summed E-state index contributed by atoms with van der Waals surface area (Å²) in [4.78, 5) is 2.73. The van der Waals surface area contributed by atoms with Crippen molar-refractivity contribution in [1.29, 1.82) is 0 Å². The van der Waals surface area contributed by atoms with E-state index in [1.54, 1.807) is 0 Å². The largest absolute Gasteiger partial charge is 0.381 e. The summed E-state index contributed by atoms with van der Waals surface area (Å²) in [6.07, 6.45) is 10.5. The average molecular weight is 292 g/mol. The van der Waals surface area contributed by atoms with E-state index < -0.39 is 0 Å². The summed E-state index contributed by atoms with van der Waals surface area (Å²) in [6.45, 7) is 6.30. The van der Waals surface area contributed by atoms with Crippen LogP contribution in [0.4, 0.5) is 0 Å². The second-order valence-electron chi connectivity index (χ2n) is 6.51. The number of nitrogens with one attached hydrogen (secondary N) is 1. The van der Waals surface area contributed by atoms with E-state index in [1.807, 2.05) is 17.9 Å². The molecule has 0 radical (unpaired) electrons. The van der Waals surface area contributed by atoms with Gasteiger partial charge in [-0.2, -0.15) is 5.10 Å². The highest BCUT2D eigenvalue weighted by atomic mass is 16.5. The number of hydrogen-bond donors (Lipinski definition) is 1. The fraction of sp³-hybridized carbons (Fsp3) is 0.812. The minimum absolute atomic E-state index is 0.306. The fourth-order valence-corrected chi connectivity index (χ4v) is 3.73. The molecule has 2 aliphatic rings. The molecule has 3 rings (SSSR count). The van der Waals surface area contributed by atoms with Gasteiger partial charge in [-0.3, -0.25) is 9.58 Å². The number of hydrogen-bond acceptors (Lipinski definition) is 4. The van der Waals surface area contributed by atoms with Crippen LogP contribution < -0.4 is 5.32 Å². The van der Waals surface area contributed by atoms with E-state index in [9.17, 15) is 0 Å². The van der Waals surface area contributed by atoms with Gasteiger partial charge < -0.3 is 10.1 Å². The number of rotatable bonds is 5. The Morgan fingerprint density at radius 3 is 2.67 bits per heavy atom. The second-order valence-corrected chi connectivity index (χ2v) is 6.51. The van der Waals surface area contributed by atoms with Gasteiger partial charge in [0.25, 0.3) is 0 Å². The lowest BCUT2D eigenvalue weighted by molar-refractivity contribution is -0.0358. The molecule has 0 amide bonds. The molecule has 0 atom stereocenters. The summed E-state index contributed by atoms with van der Waals surface area (Å²) >= 11 is 0. The van der Waals surface area contributed by atoms with Gasteiger partial charge in [0.2, 0.25) is 0 Å². The first kappa shape index (κ1) is 15.0. The van der Waals surface area contributed by atoms with Gasteiger partial charge in [-0.05, 0) is 38.8 Å². The van der Waals surface area contributed by atoms with Crippen LogP contribution in [-0.4, -0.2) is 53.1 Å². The molecule has 0 unspecified atom stereocenters. The van der Waals surface area contributed by atoms with Crippen molar-refractivity contribution in [3.8, 4) is 0 Å². The first-order valence-electron chi connectivity index (χ1n) is 8.30. The first-order chi connectivity index (χ1) is 10.3.